The highest BCUT2D eigenvalue weighted by atomic mass is 32.2. The summed E-state index contributed by atoms with van der Waals surface area (Å²) >= 11 is 5.82. The Morgan fingerprint density at radius 3 is 2.47 bits per heavy atom. The molecule has 5 rings (SSSR count). The summed E-state index contributed by atoms with van der Waals surface area (Å²) in [4.78, 5) is 11.1. The largest absolute Gasteiger partial charge is 0.495 e. The zero-order valence-corrected chi connectivity index (χ0v) is 21.2. The third-order valence-electron chi connectivity index (χ3n) is 5.83. The van der Waals surface area contributed by atoms with Gasteiger partial charge in [-0.15, -0.1) is 0 Å². The Bertz CT molecular complexity index is 1490. The molecule has 1 aliphatic rings. The summed E-state index contributed by atoms with van der Waals surface area (Å²) in [5, 5.41) is 3.91. The smallest absolute Gasteiger partial charge is 0.229 e. The van der Waals surface area contributed by atoms with E-state index in [0.29, 0.717) is 22.2 Å². The summed E-state index contributed by atoms with van der Waals surface area (Å²) in [6.45, 7) is 0. The molecule has 0 aliphatic carbocycles. The first-order valence-electron chi connectivity index (χ1n) is 11.1. The second-order valence-electron chi connectivity index (χ2n) is 8.25. The zero-order chi connectivity index (χ0) is 25.3. The van der Waals surface area contributed by atoms with Crippen LogP contribution < -0.4 is 19.7 Å². The predicted molar refractivity (Wildman–Crippen MR) is 143 cm³/mol. The van der Waals surface area contributed by atoms with Crippen LogP contribution in [0.15, 0.2) is 85.3 Å². The molecule has 0 radical (unpaired) electrons. The van der Waals surface area contributed by atoms with E-state index in [9.17, 15) is 8.42 Å². The number of methoxy groups -OCH3 is 1. The number of aromatic nitrogens is 3. The van der Waals surface area contributed by atoms with Crippen LogP contribution in [0, 0.1) is 0 Å². The standard InChI is InChI=1S/C25H24N6O3S2/c1-34-21-12-11-17(16-19(21)29-36(2,32)33)31-24(23(28-25(31)35)18-8-3-5-13-26-18)20-9-7-15-30(20)22-10-4-6-14-27-22/h3-16,23-24,29H,1-2H3,(H,28,35)/t23-,24-/m0/s1. The van der Waals surface area contributed by atoms with Gasteiger partial charge in [-0.2, -0.15) is 0 Å². The van der Waals surface area contributed by atoms with Gasteiger partial charge in [-0.3, -0.25) is 9.71 Å². The summed E-state index contributed by atoms with van der Waals surface area (Å²) in [6.07, 6.45) is 6.55. The lowest BCUT2D eigenvalue weighted by Gasteiger charge is -2.29. The first-order valence-corrected chi connectivity index (χ1v) is 13.4. The molecule has 36 heavy (non-hydrogen) atoms. The van der Waals surface area contributed by atoms with Crippen LogP contribution in [-0.2, 0) is 10.0 Å². The van der Waals surface area contributed by atoms with E-state index in [1.807, 2.05) is 70.3 Å². The molecule has 1 saturated heterocycles. The molecule has 2 atom stereocenters. The molecular formula is C25H24N6O3S2. The minimum absolute atomic E-state index is 0.274. The molecule has 184 valence electrons. The number of thiocarbonyl (C=S) groups is 1. The predicted octanol–water partition coefficient (Wildman–Crippen LogP) is 3.82. The molecule has 0 amide bonds. The first kappa shape index (κ1) is 23.8. The number of nitrogens with zero attached hydrogens (tertiary/aromatic N) is 4. The van der Waals surface area contributed by atoms with Gasteiger partial charge in [0.25, 0.3) is 0 Å². The molecule has 1 fully saturated rings. The van der Waals surface area contributed by atoms with Gasteiger partial charge in [0.2, 0.25) is 10.0 Å². The van der Waals surface area contributed by atoms with Gasteiger partial charge >= 0.3 is 0 Å². The van der Waals surface area contributed by atoms with E-state index in [-0.39, 0.29) is 12.1 Å². The Morgan fingerprint density at radius 2 is 1.81 bits per heavy atom. The molecule has 9 nitrogen and oxygen atoms in total. The number of nitrogens with one attached hydrogen (secondary N) is 2. The van der Waals surface area contributed by atoms with Gasteiger partial charge in [0, 0.05) is 30.0 Å². The van der Waals surface area contributed by atoms with Crippen molar-refractivity contribution in [1.82, 2.24) is 19.9 Å². The number of ether oxygens (including phenoxy) is 1. The summed E-state index contributed by atoms with van der Waals surface area (Å²) in [5.41, 5.74) is 2.77. The fourth-order valence-corrected chi connectivity index (χ4v) is 5.30. The van der Waals surface area contributed by atoms with E-state index >= 15 is 0 Å². The summed E-state index contributed by atoms with van der Waals surface area (Å²) in [6, 6.07) is 20.2. The molecule has 1 aromatic carbocycles. The van der Waals surface area contributed by atoms with Crippen LogP contribution in [0.25, 0.3) is 5.82 Å². The second-order valence-corrected chi connectivity index (χ2v) is 10.4. The average Bonchev–Trinajstić information content (AvgIpc) is 3.48. The van der Waals surface area contributed by atoms with E-state index in [2.05, 4.69) is 20.0 Å². The highest BCUT2D eigenvalue weighted by Gasteiger charge is 2.42. The average molecular weight is 521 g/mol. The molecule has 3 aromatic heterocycles. The van der Waals surface area contributed by atoms with Crippen molar-refractivity contribution in [2.75, 3.05) is 23.0 Å². The highest BCUT2D eigenvalue weighted by molar-refractivity contribution is 7.92. The molecule has 1 aliphatic heterocycles. The Kier molecular flexibility index (Phi) is 6.33. The zero-order valence-electron chi connectivity index (χ0n) is 19.6. The first-order chi connectivity index (χ1) is 17.4. The monoisotopic (exact) mass is 520 g/mol. The third kappa shape index (κ3) is 4.62. The van der Waals surface area contributed by atoms with Crippen molar-refractivity contribution in [2.45, 2.75) is 12.1 Å². The lowest BCUT2D eigenvalue weighted by atomic mass is 10.0. The molecule has 0 unspecified atom stereocenters. The SMILES string of the molecule is COc1ccc(N2C(=S)N[C@@H](c3ccccn3)[C@@H]2c2cccn2-c2ccccn2)cc1NS(C)(=O)=O. The molecule has 0 saturated carbocycles. The number of anilines is 2. The maximum Gasteiger partial charge on any atom is 0.229 e. The van der Waals surface area contributed by atoms with Crippen molar-refractivity contribution < 1.29 is 13.2 Å². The van der Waals surface area contributed by atoms with Gasteiger partial charge in [-0.1, -0.05) is 12.1 Å². The molecule has 0 bridgehead atoms. The lowest BCUT2D eigenvalue weighted by molar-refractivity contribution is 0.417. The summed E-state index contributed by atoms with van der Waals surface area (Å²) in [5.74, 6) is 1.17. The van der Waals surface area contributed by atoms with Crippen LogP contribution in [0.5, 0.6) is 5.75 Å². The quantitative estimate of drug-likeness (QED) is 0.355. The van der Waals surface area contributed by atoms with Gasteiger partial charge in [0.1, 0.15) is 17.6 Å². The number of pyridine rings is 2. The number of hydrogen-bond acceptors (Lipinski definition) is 6. The number of hydrogen-bond donors (Lipinski definition) is 2. The minimum Gasteiger partial charge on any atom is -0.495 e. The van der Waals surface area contributed by atoms with Gasteiger partial charge in [-0.05, 0) is 66.8 Å². The fourth-order valence-electron chi connectivity index (χ4n) is 4.40. The van der Waals surface area contributed by atoms with E-state index in [1.54, 1.807) is 24.5 Å². The molecule has 4 heterocycles. The van der Waals surface area contributed by atoms with Crippen LogP contribution in [0.4, 0.5) is 11.4 Å². The number of rotatable bonds is 7. The molecular weight excluding hydrogens is 496 g/mol. The van der Waals surface area contributed by atoms with Crippen LogP contribution in [-0.4, -0.2) is 41.4 Å². The van der Waals surface area contributed by atoms with E-state index in [4.69, 9.17) is 17.0 Å². The van der Waals surface area contributed by atoms with Crippen LogP contribution in [0.3, 0.4) is 0 Å². The van der Waals surface area contributed by atoms with Crippen molar-refractivity contribution in [3.8, 4) is 11.6 Å². The normalized spacial score (nSPS) is 17.6. The van der Waals surface area contributed by atoms with Gasteiger partial charge in [0.05, 0.1) is 30.8 Å². The third-order valence-corrected chi connectivity index (χ3v) is 6.74. The fraction of sp³-hybridized carbons (Fsp3) is 0.160. The maximum absolute atomic E-state index is 12.0. The second kappa shape index (κ2) is 9.59. The molecule has 0 spiro atoms. The Morgan fingerprint density at radius 1 is 1.03 bits per heavy atom. The summed E-state index contributed by atoms with van der Waals surface area (Å²) in [7, 11) is -2.05. The van der Waals surface area contributed by atoms with Crippen LogP contribution in [0.1, 0.15) is 23.5 Å². The van der Waals surface area contributed by atoms with Gasteiger partial charge in [0.15, 0.2) is 5.11 Å². The van der Waals surface area contributed by atoms with Crippen molar-refractivity contribution in [3.05, 3.63) is 96.7 Å². The highest BCUT2D eigenvalue weighted by Crippen LogP contribution is 2.43. The lowest BCUT2D eigenvalue weighted by Crippen LogP contribution is -2.30. The topological polar surface area (TPSA) is 101 Å². The minimum atomic E-state index is -3.54. The Balaban J connectivity index is 1.67. The van der Waals surface area contributed by atoms with Crippen molar-refractivity contribution in [2.24, 2.45) is 0 Å². The van der Waals surface area contributed by atoms with Gasteiger partial charge in [-0.25, -0.2) is 13.4 Å². The Labute approximate surface area is 214 Å². The molecule has 4 aromatic rings. The maximum atomic E-state index is 12.0. The van der Waals surface area contributed by atoms with Crippen LogP contribution >= 0.6 is 12.2 Å². The number of benzene rings is 1. The number of sulfonamides is 1. The van der Waals surface area contributed by atoms with Crippen molar-refractivity contribution >= 4 is 38.7 Å². The molecule has 11 heteroatoms. The van der Waals surface area contributed by atoms with Crippen molar-refractivity contribution in [1.29, 1.82) is 0 Å². The van der Waals surface area contributed by atoms with Crippen molar-refractivity contribution in [3.63, 3.8) is 0 Å². The van der Waals surface area contributed by atoms with E-state index < -0.39 is 10.0 Å². The van der Waals surface area contributed by atoms with E-state index in [0.717, 1.165) is 23.5 Å². The van der Waals surface area contributed by atoms with Crippen LogP contribution in [0.2, 0.25) is 0 Å². The van der Waals surface area contributed by atoms with Gasteiger partial charge < -0.3 is 19.5 Å². The summed E-state index contributed by atoms with van der Waals surface area (Å²) < 4.78 is 34.0. The molecule has 2 N–H and O–H groups in total. The van der Waals surface area contributed by atoms with E-state index in [1.165, 1.54) is 7.11 Å². The Hall–Kier alpha value is -3.96.